The van der Waals surface area contributed by atoms with Crippen molar-refractivity contribution in [3.05, 3.63) is 12.2 Å². The topological polar surface area (TPSA) is 59.8 Å². The first kappa shape index (κ1) is 12.8. The second-order valence-corrected chi connectivity index (χ2v) is 5.89. The maximum Gasteiger partial charge on any atom is 0.140 e. The molecule has 2 aliphatic heterocycles. The van der Waals surface area contributed by atoms with Gasteiger partial charge in [-0.05, 0) is 38.5 Å². The van der Waals surface area contributed by atoms with Crippen LogP contribution in [-0.4, -0.2) is 32.6 Å². The van der Waals surface area contributed by atoms with Crippen molar-refractivity contribution in [2.24, 2.45) is 5.92 Å². The summed E-state index contributed by atoms with van der Waals surface area (Å²) >= 11 is 0. The summed E-state index contributed by atoms with van der Waals surface area (Å²) in [5, 5.41) is 7.73. The Balaban J connectivity index is 1.54. The second kappa shape index (κ2) is 5.41. The fraction of sp³-hybridized carbons (Fsp3) is 0.786. The van der Waals surface area contributed by atoms with Crippen molar-refractivity contribution >= 4 is 5.78 Å². The molecule has 2 unspecified atom stereocenters. The van der Waals surface area contributed by atoms with Crippen LogP contribution in [0.2, 0.25) is 0 Å². The predicted octanol–water partition coefficient (Wildman–Crippen LogP) is 1.33. The lowest BCUT2D eigenvalue weighted by Gasteiger charge is -2.28. The van der Waals surface area contributed by atoms with Gasteiger partial charge in [0, 0.05) is 25.0 Å². The summed E-state index contributed by atoms with van der Waals surface area (Å²) in [5.41, 5.74) is 0. The number of carbonyl (C=O) groups excluding carboxylic acids is 1. The van der Waals surface area contributed by atoms with Crippen molar-refractivity contribution < 1.29 is 4.79 Å². The number of carbonyl (C=O) groups is 1. The summed E-state index contributed by atoms with van der Waals surface area (Å²) in [7, 11) is 0. The maximum absolute atomic E-state index is 12.2. The lowest BCUT2D eigenvalue weighted by molar-refractivity contribution is -0.119. The molecule has 0 aromatic carbocycles. The molecule has 0 spiro atoms. The Morgan fingerprint density at radius 3 is 2.84 bits per heavy atom. The summed E-state index contributed by atoms with van der Waals surface area (Å²) in [6, 6.07) is 1.33. The number of aromatic nitrogens is 3. The standard InChI is InChI=1S/C14H22N4O/c1-2-18-14(15-9-16-18)8-13(19)7-10-5-11-3-4-12(6-10)17-11/h9-12,17H,2-8H2,1H3. The van der Waals surface area contributed by atoms with Gasteiger partial charge in [0.25, 0.3) is 0 Å². The molecule has 2 bridgehead atoms. The van der Waals surface area contributed by atoms with Crippen molar-refractivity contribution in [3.63, 3.8) is 0 Å². The Morgan fingerprint density at radius 2 is 2.16 bits per heavy atom. The van der Waals surface area contributed by atoms with Gasteiger partial charge >= 0.3 is 0 Å². The zero-order valence-electron chi connectivity index (χ0n) is 11.5. The Hall–Kier alpha value is -1.23. The highest BCUT2D eigenvalue weighted by Crippen LogP contribution is 2.32. The molecule has 1 aromatic heterocycles. The third kappa shape index (κ3) is 2.86. The lowest BCUT2D eigenvalue weighted by atomic mass is 9.87. The normalized spacial score (nSPS) is 29.6. The van der Waals surface area contributed by atoms with E-state index in [0.717, 1.165) is 12.4 Å². The van der Waals surface area contributed by atoms with Crippen LogP contribution in [-0.2, 0) is 17.8 Å². The molecule has 2 atom stereocenters. The molecule has 19 heavy (non-hydrogen) atoms. The maximum atomic E-state index is 12.2. The average Bonchev–Trinajstić information content (AvgIpc) is 2.96. The Bertz CT molecular complexity index is 444. The molecule has 0 amide bonds. The van der Waals surface area contributed by atoms with Crippen LogP contribution in [0, 0.1) is 5.92 Å². The second-order valence-electron chi connectivity index (χ2n) is 5.89. The van der Waals surface area contributed by atoms with Gasteiger partial charge in [0.05, 0.1) is 6.42 Å². The molecule has 104 valence electrons. The molecule has 0 saturated carbocycles. The highest BCUT2D eigenvalue weighted by Gasteiger charge is 2.34. The quantitative estimate of drug-likeness (QED) is 0.869. The fourth-order valence-electron chi connectivity index (χ4n) is 3.60. The van der Waals surface area contributed by atoms with Gasteiger partial charge in [0.2, 0.25) is 0 Å². The average molecular weight is 262 g/mol. The Morgan fingerprint density at radius 1 is 1.42 bits per heavy atom. The van der Waals surface area contributed by atoms with Crippen molar-refractivity contribution in [2.45, 2.75) is 64.1 Å². The summed E-state index contributed by atoms with van der Waals surface area (Å²) in [6.45, 7) is 2.80. The number of aryl methyl sites for hydroxylation is 1. The van der Waals surface area contributed by atoms with E-state index in [1.807, 2.05) is 11.6 Å². The molecule has 2 fully saturated rings. The molecule has 0 radical (unpaired) electrons. The van der Waals surface area contributed by atoms with E-state index in [0.29, 0.717) is 36.6 Å². The number of nitrogens with zero attached hydrogens (tertiary/aromatic N) is 3. The van der Waals surface area contributed by atoms with E-state index in [9.17, 15) is 4.79 Å². The predicted molar refractivity (Wildman–Crippen MR) is 71.7 cm³/mol. The van der Waals surface area contributed by atoms with Crippen LogP contribution >= 0.6 is 0 Å². The van der Waals surface area contributed by atoms with Crippen molar-refractivity contribution in [3.8, 4) is 0 Å². The zero-order valence-corrected chi connectivity index (χ0v) is 11.5. The Kier molecular flexibility index (Phi) is 3.64. The molecule has 5 nitrogen and oxygen atoms in total. The van der Waals surface area contributed by atoms with Gasteiger partial charge in [-0.1, -0.05) is 0 Å². The summed E-state index contributed by atoms with van der Waals surface area (Å²) < 4.78 is 1.81. The van der Waals surface area contributed by atoms with Crippen LogP contribution in [0.3, 0.4) is 0 Å². The van der Waals surface area contributed by atoms with Crippen LogP contribution in [0.1, 0.15) is 44.9 Å². The zero-order chi connectivity index (χ0) is 13.2. The number of Topliss-reactive ketones (excluding diaryl/α,β-unsaturated/α-hetero) is 1. The molecular weight excluding hydrogens is 240 g/mol. The van der Waals surface area contributed by atoms with Gasteiger partial charge in [0.15, 0.2) is 0 Å². The van der Waals surface area contributed by atoms with Gasteiger partial charge in [-0.2, -0.15) is 5.10 Å². The van der Waals surface area contributed by atoms with Crippen molar-refractivity contribution in [2.75, 3.05) is 0 Å². The van der Waals surface area contributed by atoms with Crippen LogP contribution in [0.15, 0.2) is 6.33 Å². The number of hydrogen-bond acceptors (Lipinski definition) is 4. The number of piperidine rings is 1. The van der Waals surface area contributed by atoms with E-state index in [2.05, 4.69) is 15.4 Å². The molecule has 5 heteroatoms. The Labute approximate surface area is 113 Å². The van der Waals surface area contributed by atoms with Gasteiger partial charge in [-0.15, -0.1) is 0 Å². The third-order valence-electron chi connectivity index (χ3n) is 4.44. The van der Waals surface area contributed by atoms with Gasteiger partial charge in [-0.3, -0.25) is 4.79 Å². The summed E-state index contributed by atoms with van der Waals surface area (Å²) in [5.74, 6) is 1.70. The van der Waals surface area contributed by atoms with E-state index >= 15 is 0 Å². The van der Waals surface area contributed by atoms with Crippen LogP contribution in [0.5, 0.6) is 0 Å². The monoisotopic (exact) mass is 262 g/mol. The van der Waals surface area contributed by atoms with Gasteiger partial charge in [0.1, 0.15) is 17.9 Å². The highest BCUT2D eigenvalue weighted by molar-refractivity contribution is 5.80. The first-order chi connectivity index (χ1) is 9.24. The number of nitrogens with one attached hydrogen (secondary N) is 1. The summed E-state index contributed by atoms with van der Waals surface area (Å²) in [4.78, 5) is 16.4. The minimum atomic E-state index is 0.314. The van der Waals surface area contributed by atoms with Crippen LogP contribution in [0.25, 0.3) is 0 Å². The summed E-state index contributed by atoms with van der Waals surface area (Å²) in [6.07, 6.45) is 7.61. The molecule has 1 N–H and O–H groups in total. The minimum Gasteiger partial charge on any atom is -0.311 e. The largest absolute Gasteiger partial charge is 0.311 e. The molecule has 3 rings (SSSR count). The smallest absolute Gasteiger partial charge is 0.140 e. The fourth-order valence-corrected chi connectivity index (χ4v) is 3.60. The van der Waals surface area contributed by atoms with E-state index in [4.69, 9.17) is 0 Å². The minimum absolute atomic E-state index is 0.314. The van der Waals surface area contributed by atoms with Crippen molar-refractivity contribution in [1.82, 2.24) is 20.1 Å². The lowest BCUT2D eigenvalue weighted by Crippen LogP contribution is -2.38. The molecule has 1 aromatic rings. The highest BCUT2D eigenvalue weighted by atomic mass is 16.1. The molecule has 2 saturated heterocycles. The first-order valence-corrected chi connectivity index (χ1v) is 7.39. The van der Waals surface area contributed by atoms with E-state index in [-0.39, 0.29) is 0 Å². The number of fused-ring (bicyclic) bond motifs is 2. The number of hydrogen-bond donors (Lipinski definition) is 1. The third-order valence-corrected chi connectivity index (χ3v) is 4.44. The van der Waals surface area contributed by atoms with E-state index < -0.39 is 0 Å². The molecule has 3 heterocycles. The SMILES string of the molecule is CCn1ncnc1CC(=O)CC1CC2CCC(C1)N2. The van der Waals surface area contributed by atoms with Crippen LogP contribution in [0.4, 0.5) is 0 Å². The van der Waals surface area contributed by atoms with Crippen molar-refractivity contribution in [1.29, 1.82) is 0 Å². The molecular formula is C14H22N4O. The van der Waals surface area contributed by atoms with E-state index in [1.165, 1.54) is 32.0 Å². The first-order valence-electron chi connectivity index (χ1n) is 7.39. The van der Waals surface area contributed by atoms with E-state index in [1.54, 1.807) is 0 Å². The molecule has 2 aliphatic rings. The van der Waals surface area contributed by atoms with Crippen LogP contribution < -0.4 is 5.32 Å². The van der Waals surface area contributed by atoms with Gasteiger partial charge < -0.3 is 5.32 Å². The molecule has 0 aliphatic carbocycles. The number of rotatable bonds is 5. The number of ketones is 1. The van der Waals surface area contributed by atoms with Gasteiger partial charge in [-0.25, -0.2) is 9.67 Å².